The van der Waals surface area contributed by atoms with E-state index in [2.05, 4.69) is 5.32 Å². The van der Waals surface area contributed by atoms with Crippen molar-refractivity contribution in [2.24, 2.45) is 0 Å². The number of halogens is 2. The maximum Gasteiger partial charge on any atom is 0.277 e. The lowest BCUT2D eigenvalue weighted by Gasteiger charge is -2.17. The molecule has 0 unspecified atom stereocenters. The molecule has 0 atom stereocenters. The van der Waals surface area contributed by atoms with Gasteiger partial charge in [-0.05, 0) is 17.2 Å². The van der Waals surface area contributed by atoms with Crippen LogP contribution in [0.4, 0.5) is 8.78 Å². The van der Waals surface area contributed by atoms with Gasteiger partial charge in [0, 0.05) is 6.54 Å². The van der Waals surface area contributed by atoms with Gasteiger partial charge in [0.2, 0.25) is 0 Å². The Morgan fingerprint density at radius 2 is 2.00 bits per heavy atom. The Kier molecular flexibility index (Phi) is 2.00. The maximum absolute atomic E-state index is 12.3. The summed E-state index contributed by atoms with van der Waals surface area (Å²) in [5.41, 5.74) is 1.96. The van der Waals surface area contributed by atoms with Crippen molar-refractivity contribution >= 4 is 6.08 Å². The zero-order valence-corrected chi connectivity index (χ0v) is 6.93. The van der Waals surface area contributed by atoms with Crippen LogP contribution in [-0.4, -0.2) is 6.43 Å². The second kappa shape index (κ2) is 3.17. The molecular weight excluding hydrogens is 172 g/mol. The molecule has 1 aromatic rings. The minimum absolute atomic E-state index is 0.0127. The van der Waals surface area contributed by atoms with Gasteiger partial charge in [-0.3, -0.25) is 0 Å². The van der Waals surface area contributed by atoms with E-state index in [1.165, 1.54) is 6.08 Å². The fourth-order valence-corrected chi connectivity index (χ4v) is 1.39. The predicted octanol–water partition coefficient (Wildman–Crippen LogP) is 2.40. The van der Waals surface area contributed by atoms with Gasteiger partial charge in [-0.1, -0.05) is 24.3 Å². The first-order valence-electron chi connectivity index (χ1n) is 4.09. The molecule has 1 nitrogen and oxygen atoms in total. The molecule has 0 spiro atoms. The van der Waals surface area contributed by atoms with Crippen LogP contribution in [0.15, 0.2) is 30.0 Å². The summed E-state index contributed by atoms with van der Waals surface area (Å²) < 4.78 is 24.6. The third-order valence-electron chi connectivity index (χ3n) is 2.08. The van der Waals surface area contributed by atoms with E-state index in [-0.39, 0.29) is 5.70 Å². The smallest absolute Gasteiger partial charge is 0.277 e. The Balaban J connectivity index is 2.38. The number of fused-ring (bicyclic) bond motifs is 1. The highest BCUT2D eigenvalue weighted by Gasteiger charge is 2.15. The molecule has 1 aliphatic heterocycles. The molecule has 0 fully saturated rings. The van der Waals surface area contributed by atoms with Crippen molar-refractivity contribution < 1.29 is 8.78 Å². The van der Waals surface area contributed by atoms with E-state index in [1.54, 1.807) is 0 Å². The quantitative estimate of drug-likeness (QED) is 0.701. The second-order valence-corrected chi connectivity index (χ2v) is 2.95. The van der Waals surface area contributed by atoms with Gasteiger partial charge in [-0.25, -0.2) is 8.78 Å². The summed E-state index contributed by atoms with van der Waals surface area (Å²) in [5, 5.41) is 2.69. The van der Waals surface area contributed by atoms with Gasteiger partial charge in [-0.2, -0.15) is 0 Å². The number of allylic oxidation sites excluding steroid dienone is 1. The minimum Gasteiger partial charge on any atom is -0.380 e. The Bertz CT molecular complexity index is 345. The highest BCUT2D eigenvalue weighted by molar-refractivity contribution is 5.59. The topological polar surface area (TPSA) is 12.0 Å². The lowest BCUT2D eigenvalue weighted by molar-refractivity contribution is 0.180. The molecule has 0 saturated carbocycles. The normalized spacial score (nSPS) is 14.8. The van der Waals surface area contributed by atoms with Gasteiger partial charge in [0.05, 0.1) is 5.70 Å². The second-order valence-electron chi connectivity index (χ2n) is 2.95. The molecule has 0 radical (unpaired) electrons. The first kappa shape index (κ1) is 8.23. The standard InChI is InChI=1S/C10H9F2N/c11-10(12)9-5-7-3-1-2-4-8(7)6-13-9/h1-5,10,13H,6H2. The predicted molar refractivity (Wildman–Crippen MR) is 47.3 cm³/mol. The Hall–Kier alpha value is -1.38. The van der Waals surface area contributed by atoms with Crippen molar-refractivity contribution in [3.05, 3.63) is 41.1 Å². The van der Waals surface area contributed by atoms with Gasteiger partial charge in [0.25, 0.3) is 6.43 Å². The molecular formula is C10H9F2N. The van der Waals surface area contributed by atoms with Gasteiger partial charge >= 0.3 is 0 Å². The zero-order chi connectivity index (χ0) is 9.26. The van der Waals surface area contributed by atoms with Gasteiger partial charge in [-0.15, -0.1) is 0 Å². The highest BCUT2D eigenvalue weighted by Crippen LogP contribution is 2.20. The van der Waals surface area contributed by atoms with Crippen LogP contribution in [-0.2, 0) is 6.54 Å². The molecule has 1 aromatic carbocycles. The van der Waals surface area contributed by atoms with Crippen molar-refractivity contribution in [2.75, 3.05) is 0 Å². The Morgan fingerprint density at radius 3 is 2.77 bits per heavy atom. The van der Waals surface area contributed by atoms with Crippen molar-refractivity contribution in [1.82, 2.24) is 5.32 Å². The summed E-state index contributed by atoms with van der Waals surface area (Å²) in [5.74, 6) is 0. The number of benzene rings is 1. The average molecular weight is 181 g/mol. The fourth-order valence-electron chi connectivity index (χ4n) is 1.39. The van der Waals surface area contributed by atoms with Crippen molar-refractivity contribution in [1.29, 1.82) is 0 Å². The lowest BCUT2D eigenvalue weighted by atomic mass is 10.0. The van der Waals surface area contributed by atoms with Crippen LogP contribution in [0.2, 0.25) is 0 Å². The Labute approximate surface area is 75.1 Å². The number of hydrogen-bond donors (Lipinski definition) is 1. The van der Waals surface area contributed by atoms with Crippen LogP contribution < -0.4 is 5.32 Å². The molecule has 3 heteroatoms. The zero-order valence-electron chi connectivity index (χ0n) is 6.93. The fraction of sp³-hybridized carbons (Fsp3) is 0.200. The van der Waals surface area contributed by atoms with E-state index < -0.39 is 6.43 Å². The van der Waals surface area contributed by atoms with Gasteiger partial charge in [0.15, 0.2) is 0 Å². The average Bonchev–Trinajstić information content (AvgIpc) is 2.17. The Morgan fingerprint density at radius 1 is 1.23 bits per heavy atom. The van der Waals surface area contributed by atoms with Gasteiger partial charge < -0.3 is 5.32 Å². The minimum atomic E-state index is -2.41. The molecule has 2 rings (SSSR count). The lowest BCUT2D eigenvalue weighted by Crippen LogP contribution is -2.22. The molecule has 0 aliphatic carbocycles. The van der Waals surface area contributed by atoms with Crippen LogP contribution in [0.25, 0.3) is 6.08 Å². The summed E-state index contributed by atoms with van der Waals surface area (Å²) in [6.07, 6.45) is -0.905. The molecule has 0 amide bonds. The van der Waals surface area contributed by atoms with Crippen LogP contribution >= 0.6 is 0 Å². The molecule has 0 bridgehead atoms. The summed E-state index contributed by atoms with van der Waals surface area (Å²) in [4.78, 5) is 0. The molecule has 1 heterocycles. The van der Waals surface area contributed by atoms with Crippen LogP contribution in [0.5, 0.6) is 0 Å². The van der Waals surface area contributed by atoms with E-state index in [0.29, 0.717) is 6.54 Å². The summed E-state index contributed by atoms with van der Waals surface area (Å²) >= 11 is 0. The third kappa shape index (κ3) is 1.54. The number of alkyl halides is 2. The summed E-state index contributed by atoms with van der Waals surface area (Å²) in [6, 6.07) is 7.53. The SMILES string of the molecule is FC(F)C1=Cc2ccccc2CN1. The number of nitrogens with one attached hydrogen (secondary N) is 1. The largest absolute Gasteiger partial charge is 0.380 e. The maximum atomic E-state index is 12.3. The first-order chi connectivity index (χ1) is 6.27. The first-order valence-corrected chi connectivity index (χ1v) is 4.09. The molecule has 1 aliphatic rings. The van der Waals surface area contributed by atoms with Gasteiger partial charge in [0.1, 0.15) is 0 Å². The van der Waals surface area contributed by atoms with Crippen LogP contribution in [0.1, 0.15) is 11.1 Å². The monoisotopic (exact) mass is 181 g/mol. The number of hydrogen-bond acceptors (Lipinski definition) is 1. The third-order valence-corrected chi connectivity index (χ3v) is 2.08. The van der Waals surface area contributed by atoms with E-state index in [1.807, 2.05) is 24.3 Å². The molecule has 0 saturated heterocycles. The molecule has 68 valence electrons. The van der Waals surface area contributed by atoms with E-state index in [4.69, 9.17) is 0 Å². The van der Waals surface area contributed by atoms with Crippen molar-refractivity contribution in [3.8, 4) is 0 Å². The molecule has 0 aromatic heterocycles. The van der Waals surface area contributed by atoms with Crippen molar-refractivity contribution in [2.45, 2.75) is 13.0 Å². The van der Waals surface area contributed by atoms with Crippen LogP contribution in [0, 0.1) is 0 Å². The van der Waals surface area contributed by atoms with Crippen molar-refractivity contribution in [3.63, 3.8) is 0 Å². The molecule has 1 N–H and O–H groups in total. The summed E-state index contributed by atoms with van der Waals surface area (Å²) in [6.45, 7) is 0.492. The molecule has 13 heavy (non-hydrogen) atoms. The van der Waals surface area contributed by atoms with E-state index in [9.17, 15) is 8.78 Å². The highest BCUT2D eigenvalue weighted by atomic mass is 19.3. The van der Waals surface area contributed by atoms with E-state index >= 15 is 0 Å². The van der Waals surface area contributed by atoms with E-state index in [0.717, 1.165) is 11.1 Å². The summed E-state index contributed by atoms with van der Waals surface area (Å²) in [7, 11) is 0. The van der Waals surface area contributed by atoms with Crippen LogP contribution in [0.3, 0.4) is 0 Å². The number of rotatable bonds is 1.